The lowest BCUT2D eigenvalue weighted by atomic mass is 9.64. The van der Waals surface area contributed by atoms with E-state index in [0.717, 1.165) is 11.1 Å². The maximum Gasteiger partial charge on any atom is 0.196 e. The third-order valence-electron chi connectivity index (χ3n) is 7.86. The van der Waals surface area contributed by atoms with Crippen molar-refractivity contribution in [1.29, 1.82) is 0 Å². The van der Waals surface area contributed by atoms with Gasteiger partial charge in [0.25, 0.3) is 0 Å². The largest absolute Gasteiger partial charge is 0.511 e. The van der Waals surface area contributed by atoms with Gasteiger partial charge in [-0.3, -0.25) is 19.2 Å². The molecule has 0 aromatic heterocycles. The smallest absolute Gasteiger partial charge is 0.196 e. The molecule has 4 rings (SSSR count). The standard InChI is InChI=1S/C32H34O7/c1-18(34)15-27(37)28-22(13-14-33)16-23-17-25-24(11-12-26(36)30(25)32(39)29(23)31(28)38)21-8-6-4-3-5-7-20(9-10-21)19(2)35/h3-6,9-12,22-23,28,33,36,38H,7-8,13-17H2,1-2H3/b5-3-,6-4-,20-9+,21-10+. The lowest BCUT2D eigenvalue weighted by Crippen LogP contribution is -2.39. The number of allylic oxidation sites excluding steroid dienone is 10. The van der Waals surface area contributed by atoms with Gasteiger partial charge in [0.1, 0.15) is 17.3 Å². The Hall–Kier alpha value is -3.84. The summed E-state index contributed by atoms with van der Waals surface area (Å²) in [5.41, 5.74) is 3.16. The van der Waals surface area contributed by atoms with E-state index >= 15 is 0 Å². The van der Waals surface area contributed by atoms with Crippen LogP contribution in [0.4, 0.5) is 0 Å². The second-order valence-electron chi connectivity index (χ2n) is 10.6. The zero-order chi connectivity index (χ0) is 28.3. The average Bonchev–Trinajstić information content (AvgIpc) is 2.86. The number of rotatable bonds is 7. The van der Waals surface area contributed by atoms with E-state index in [1.165, 1.54) is 19.9 Å². The Kier molecular flexibility index (Phi) is 8.60. The molecule has 0 radical (unpaired) electrons. The van der Waals surface area contributed by atoms with Gasteiger partial charge in [0.05, 0.1) is 17.9 Å². The molecule has 39 heavy (non-hydrogen) atoms. The van der Waals surface area contributed by atoms with E-state index in [1.807, 2.05) is 30.4 Å². The summed E-state index contributed by atoms with van der Waals surface area (Å²) >= 11 is 0. The molecule has 3 N–H and O–H groups in total. The molecule has 7 nitrogen and oxygen atoms in total. The number of benzene rings is 1. The first kappa shape index (κ1) is 28.2. The summed E-state index contributed by atoms with van der Waals surface area (Å²) in [7, 11) is 0. The summed E-state index contributed by atoms with van der Waals surface area (Å²) in [6.45, 7) is 2.62. The molecule has 0 saturated carbocycles. The van der Waals surface area contributed by atoms with Crippen molar-refractivity contribution in [1.82, 2.24) is 0 Å². The van der Waals surface area contributed by atoms with Crippen molar-refractivity contribution < 1.29 is 34.5 Å². The van der Waals surface area contributed by atoms with Gasteiger partial charge in [-0.15, -0.1) is 0 Å². The molecule has 0 amide bonds. The minimum absolute atomic E-state index is 0.0287. The van der Waals surface area contributed by atoms with Crippen molar-refractivity contribution in [2.45, 2.75) is 52.4 Å². The zero-order valence-electron chi connectivity index (χ0n) is 22.3. The molecule has 204 valence electrons. The van der Waals surface area contributed by atoms with Crippen LogP contribution in [0.3, 0.4) is 0 Å². The molecule has 0 saturated heterocycles. The number of aliphatic hydroxyl groups is 2. The highest BCUT2D eigenvalue weighted by molar-refractivity contribution is 6.14. The third-order valence-corrected chi connectivity index (χ3v) is 7.86. The van der Waals surface area contributed by atoms with E-state index in [-0.39, 0.29) is 53.7 Å². The molecule has 7 heteroatoms. The normalized spacial score (nSPS) is 27.3. The number of hydrogen-bond donors (Lipinski definition) is 3. The lowest BCUT2D eigenvalue weighted by molar-refractivity contribution is -0.129. The number of Topliss-reactive ketones (excluding diaryl/α,β-unsaturated/α-hetero) is 4. The lowest BCUT2D eigenvalue weighted by Gasteiger charge is -2.39. The summed E-state index contributed by atoms with van der Waals surface area (Å²) in [5, 5.41) is 31.7. The van der Waals surface area contributed by atoms with E-state index < -0.39 is 29.3 Å². The van der Waals surface area contributed by atoms with Crippen molar-refractivity contribution in [3.63, 3.8) is 0 Å². The van der Waals surface area contributed by atoms with E-state index in [4.69, 9.17) is 0 Å². The zero-order valence-corrected chi connectivity index (χ0v) is 22.3. The van der Waals surface area contributed by atoms with Crippen molar-refractivity contribution >= 4 is 28.7 Å². The fraction of sp³-hybridized carbons (Fsp3) is 0.375. The molecule has 3 atom stereocenters. The van der Waals surface area contributed by atoms with Gasteiger partial charge in [0.15, 0.2) is 17.3 Å². The molecule has 1 aromatic carbocycles. The van der Waals surface area contributed by atoms with Gasteiger partial charge in [0, 0.05) is 12.2 Å². The highest BCUT2D eigenvalue weighted by atomic mass is 16.3. The first-order valence-corrected chi connectivity index (χ1v) is 13.3. The monoisotopic (exact) mass is 530 g/mol. The molecule has 0 spiro atoms. The second kappa shape index (κ2) is 11.9. The highest BCUT2D eigenvalue weighted by Crippen LogP contribution is 2.48. The van der Waals surface area contributed by atoms with Crippen LogP contribution in [0.5, 0.6) is 5.75 Å². The Morgan fingerprint density at radius 2 is 1.72 bits per heavy atom. The van der Waals surface area contributed by atoms with Crippen molar-refractivity contribution in [3.8, 4) is 5.75 Å². The maximum atomic E-state index is 13.8. The maximum absolute atomic E-state index is 13.8. The van der Waals surface area contributed by atoms with Gasteiger partial charge < -0.3 is 15.3 Å². The van der Waals surface area contributed by atoms with E-state index in [9.17, 15) is 34.5 Å². The minimum Gasteiger partial charge on any atom is -0.511 e. The van der Waals surface area contributed by atoms with Gasteiger partial charge in [0.2, 0.25) is 0 Å². The van der Waals surface area contributed by atoms with Gasteiger partial charge >= 0.3 is 0 Å². The van der Waals surface area contributed by atoms with E-state index in [1.54, 1.807) is 12.1 Å². The predicted molar refractivity (Wildman–Crippen MR) is 147 cm³/mol. The average molecular weight is 531 g/mol. The van der Waals surface area contributed by atoms with Crippen molar-refractivity contribution in [2.24, 2.45) is 17.8 Å². The SMILES string of the molecule is CC(=O)CC(=O)C1C(O)=C2C(=O)c3c(O)ccc(/C4=C/C=C(/C(C)=O)C/C=C\C=C/C4)c3CC2CC1CCO. The second-order valence-corrected chi connectivity index (χ2v) is 10.6. The highest BCUT2D eigenvalue weighted by Gasteiger charge is 2.46. The number of phenols is 1. The topological polar surface area (TPSA) is 129 Å². The molecule has 3 aliphatic carbocycles. The van der Waals surface area contributed by atoms with Crippen LogP contribution < -0.4 is 0 Å². The Balaban J connectivity index is 1.84. The molecule has 0 aliphatic heterocycles. The Morgan fingerprint density at radius 3 is 2.38 bits per heavy atom. The van der Waals surface area contributed by atoms with Gasteiger partial charge in [-0.25, -0.2) is 0 Å². The quantitative estimate of drug-likeness (QED) is 0.426. The van der Waals surface area contributed by atoms with Crippen LogP contribution in [0.15, 0.2) is 65.5 Å². The van der Waals surface area contributed by atoms with Crippen molar-refractivity contribution in [2.75, 3.05) is 6.61 Å². The van der Waals surface area contributed by atoms with E-state index in [2.05, 4.69) is 0 Å². The minimum atomic E-state index is -1.04. The third kappa shape index (κ3) is 5.78. The fourth-order valence-corrected chi connectivity index (χ4v) is 6.06. The molecule has 0 fully saturated rings. The number of ketones is 4. The predicted octanol–water partition coefficient (Wildman–Crippen LogP) is 4.93. The molecular weight excluding hydrogens is 496 g/mol. The molecule has 3 aliphatic rings. The van der Waals surface area contributed by atoms with Gasteiger partial charge in [-0.2, -0.15) is 0 Å². The van der Waals surface area contributed by atoms with Crippen LogP contribution in [-0.2, 0) is 20.8 Å². The van der Waals surface area contributed by atoms with Gasteiger partial charge in [-0.05, 0) is 86.1 Å². The van der Waals surface area contributed by atoms with Crippen LogP contribution in [0.1, 0.15) is 67.4 Å². The van der Waals surface area contributed by atoms with Crippen LogP contribution in [0.2, 0.25) is 0 Å². The van der Waals surface area contributed by atoms with Crippen LogP contribution >= 0.6 is 0 Å². The Labute approximate surface area is 227 Å². The Bertz CT molecular complexity index is 1370. The summed E-state index contributed by atoms with van der Waals surface area (Å²) < 4.78 is 0. The number of aliphatic hydroxyl groups excluding tert-OH is 2. The molecule has 0 heterocycles. The first-order chi connectivity index (χ1) is 18.6. The Morgan fingerprint density at radius 1 is 1.00 bits per heavy atom. The number of carbonyl (C=O) groups is 4. The number of fused-ring (bicyclic) bond motifs is 2. The fourth-order valence-electron chi connectivity index (χ4n) is 6.06. The molecule has 1 aromatic rings. The summed E-state index contributed by atoms with van der Waals surface area (Å²) in [6.07, 6.45) is 13.0. The molecule has 0 bridgehead atoms. The van der Waals surface area contributed by atoms with Crippen LogP contribution in [0.25, 0.3) is 5.57 Å². The number of carbonyl (C=O) groups excluding carboxylic acids is 4. The number of hydrogen-bond acceptors (Lipinski definition) is 7. The van der Waals surface area contributed by atoms with Crippen LogP contribution in [-0.4, -0.2) is 45.1 Å². The number of phenolic OH excluding ortho intramolecular Hbond substituents is 1. The summed E-state index contributed by atoms with van der Waals surface area (Å²) in [6, 6.07) is 3.23. The van der Waals surface area contributed by atoms with E-state index in [0.29, 0.717) is 36.8 Å². The van der Waals surface area contributed by atoms with Crippen molar-refractivity contribution in [3.05, 3.63) is 82.2 Å². The molecular formula is C32H34O7. The van der Waals surface area contributed by atoms with Crippen LogP contribution in [0, 0.1) is 17.8 Å². The number of aromatic hydroxyl groups is 1. The summed E-state index contributed by atoms with van der Waals surface area (Å²) in [4.78, 5) is 50.5. The summed E-state index contributed by atoms with van der Waals surface area (Å²) in [5.74, 6) is -3.80. The first-order valence-electron chi connectivity index (χ1n) is 13.3. The van der Waals surface area contributed by atoms with Gasteiger partial charge in [-0.1, -0.05) is 42.5 Å². The molecule has 3 unspecified atom stereocenters.